The van der Waals surface area contributed by atoms with Gasteiger partial charge in [0, 0.05) is 36.3 Å². The number of aromatic nitrogens is 2. The van der Waals surface area contributed by atoms with E-state index in [1.807, 2.05) is 30.3 Å². The summed E-state index contributed by atoms with van der Waals surface area (Å²) in [5.41, 5.74) is 2.81. The van der Waals surface area contributed by atoms with Crippen LogP contribution in [0.2, 0.25) is 0 Å². The SMILES string of the molecule is COc1nc2ccccc2nc1NC(=S)N1CCN(c2cccc(Br)c2)CC1. The Bertz CT molecular complexity index is 1010. The number of fused-ring (bicyclic) bond motifs is 1. The maximum atomic E-state index is 5.63. The molecule has 3 aromatic rings. The fourth-order valence-corrected chi connectivity index (χ4v) is 3.89. The molecule has 1 aliphatic heterocycles. The quantitative estimate of drug-likeness (QED) is 0.598. The van der Waals surface area contributed by atoms with Crippen molar-refractivity contribution >= 4 is 55.8 Å². The van der Waals surface area contributed by atoms with Crippen LogP contribution in [0.15, 0.2) is 53.0 Å². The lowest BCUT2D eigenvalue weighted by atomic mass is 10.2. The normalized spacial score (nSPS) is 14.2. The highest BCUT2D eigenvalue weighted by atomic mass is 79.9. The second kappa shape index (κ2) is 8.28. The van der Waals surface area contributed by atoms with E-state index in [0.29, 0.717) is 16.8 Å². The zero-order chi connectivity index (χ0) is 19.5. The highest BCUT2D eigenvalue weighted by Crippen LogP contribution is 2.24. The molecule has 0 atom stereocenters. The third-order valence-electron chi connectivity index (χ3n) is 4.70. The summed E-state index contributed by atoms with van der Waals surface area (Å²) in [4.78, 5) is 13.7. The minimum atomic E-state index is 0.439. The molecule has 0 spiro atoms. The van der Waals surface area contributed by atoms with E-state index in [0.717, 1.165) is 41.7 Å². The number of halogens is 1. The first kappa shape index (κ1) is 18.9. The van der Waals surface area contributed by atoms with Crippen molar-refractivity contribution in [2.45, 2.75) is 0 Å². The zero-order valence-corrected chi connectivity index (χ0v) is 17.8. The fraction of sp³-hybridized carbons (Fsp3) is 0.250. The van der Waals surface area contributed by atoms with Gasteiger partial charge >= 0.3 is 0 Å². The summed E-state index contributed by atoms with van der Waals surface area (Å²) in [7, 11) is 1.59. The van der Waals surface area contributed by atoms with Gasteiger partial charge in [-0.3, -0.25) is 0 Å². The number of para-hydroxylation sites is 2. The van der Waals surface area contributed by atoms with E-state index in [-0.39, 0.29) is 0 Å². The van der Waals surface area contributed by atoms with Crippen LogP contribution in [0.1, 0.15) is 0 Å². The number of ether oxygens (including phenoxy) is 1. The highest BCUT2D eigenvalue weighted by molar-refractivity contribution is 9.10. The summed E-state index contributed by atoms with van der Waals surface area (Å²) in [5.74, 6) is 0.981. The Morgan fingerprint density at radius 3 is 2.43 bits per heavy atom. The van der Waals surface area contributed by atoms with Crippen molar-refractivity contribution in [1.82, 2.24) is 14.9 Å². The van der Waals surface area contributed by atoms with Crippen LogP contribution in [0.25, 0.3) is 11.0 Å². The third-order valence-corrected chi connectivity index (χ3v) is 5.55. The number of methoxy groups -OCH3 is 1. The third kappa shape index (κ3) is 4.02. The summed E-state index contributed by atoms with van der Waals surface area (Å²) in [6.45, 7) is 3.47. The smallest absolute Gasteiger partial charge is 0.258 e. The molecule has 4 rings (SSSR count). The van der Waals surface area contributed by atoms with E-state index in [1.54, 1.807) is 7.11 Å². The van der Waals surface area contributed by atoms with Gasteiger partial charge in [-0.15, -0.1) is 0 Å². The van der Waals surface area contributed by atoms with E-state index in [4.69, 9.17) is 17.0 Å². The van der Waals surface area contributed by atoms with Crippen molar-refractivity contribution in [3.8, 4) is 5.88 Å². The molecule has 1 saturated heterocycles. The van der Waals surface area contributed by atoms with Crippen molar-refractivity contribution in [3.05, 3.63) is 53.0 Å². The second-order valence-corrected chi connectivity index (χ2v) is 7.76. The van der Waals surface area contributed by atoms with Crippen molar-refractivity contribution in [1.29, 1.82) is 0 Å². The summed E-state index contributed by atoms with van der Waals surface area (Å²) < 4.78 is 6.49. The van der Waals surface area contributed by atoms with Crippen LogP contribution in [0.5, 0.6) is 5.88 Å². The van der Waals surface area contributed by atoms with Crippen molar-refractivity contribution in [2.24, 2.45) is 0 Å². The maximum Gasteiger partial charge on any atom is 0.258 e. The average Bonchev–Trinajstić information content (AvgIpc) is 2.73. The molecule has 0 aliphatic carbocycles. The minimum absolute atomic E-state index is 0.439. The predicted molar refractivity (Wildman–Crippen MR) is 120 cm³/mol. The van der Waals surface area contributed by atoms with Crippen LogP contribution in [-0.2, 0) is 0 Å². The molecule has 0 unspecified atom stereocenters. The van der Waals surface area contributed by atoms with Gasteiger partial charge in [-0.05, 0) is 42.5 Å². The van der Waals surface area contributed by atoms with Gasteiger partial charge in [-0.2, -0.15) is 0 Å². The van der Waals surface area contributed by atoms with Crippen LogP contribution >= 0.6 is 28.1 Å². The molecular formula is C20H20BrN5OS. The summed E-state index contributed by atoms with van der Waals surface area (Å²) in [6, 6.07) is 16.1. The zero-order valence-electron chi connectivity index (χ0n) is 15.4. The molecule has 1 aromatic heterocycles. The van der Waals surface area contributed by atoms with Crippen LogP contribution in [0.3, 0.4) is 0 Å². The van der Waals surface area contributed by atoms with Gasteiger partial charge in [0.05, 0.1) is 18.1 Å². The lowest BCUT2D eigenvalue weighted by Crippen LogP contribution is -2.50. The van der Waals surface area contributed by atoms with Gasteiger partial charge in [-0.1, -0.05) is 34.1 Å². The number of anilines is 2. The van der Waals surface area contributed by atoms with Crippen LogP contribution in [0.4, 0.5) is 11.5 Å². The van der Waals surface area contributed by atoms with E-state index < -0.39 is 0 Å². The number of rotatable bonds is 3. The number of hydrogen-bond acceptors (Lipinski definition) is 5. The molecule has 144 valence electrons. The molecule has 28 heavy (non-hydrogen) atoms. The first-order chi connectivity index (χ1) is 13.6. The maximum absolute atomic E-state index is 5.63. The molecule has 0 bridgehead atoms. The van der Waals surface area contributed by atoms with Gasteiger partial charge in [0.2, 0.25) is 0 Å². The Kier molecular flexibility index (Phi) is 5.59. The van der Waals surface area contributed by atoms with Gasteiger partial charge in [0.15, 0.2) is 10.9 Å². The Morgan fingerprint density at radius 1 is 1.04 bits per heavy atom. The van der Waals surface area contributed by atoms with Crippen LogP contribution < -0.4 is 15.0 Å². The number of hydrogen-bond donors (Lipinski definition) is 1. The Hall–Kier alpha value is -2.45. The Balaban J connectivity index is 1.44. The number of benzene rings is 2. The first-order valence-electron chi connectivity index (χ1n) is 9.01. The van der Waals surface area contributed by atoms with Crippen molar-refractivity contribution < 1.29 is 4.74 Å². The number of thiocarbonyl (C=S) groups is 1. The Morgan fingerprint density at radius 2 is 1.75 bits per heavy atom. The minimum Gasteiger partial charge on any atom is -0.478 e. The number of piperazine rings is 1. The van der Waals surface area contributed by atoms with Crippen molar-refractivity contribution in [2.75, 3.05) is 43.5 Å². The molecule has 0 radical (unpaired) electrons. The fourth-order valence-electron chi connectivity index (χ4n) is 3.23. The predicted octanol–water partition coefficient (Wildman–Crippen LogP) is 3.92. The van der Waals surface area contributed by atoms with E-state index in [1.165, 1.54) is 5.69 Å². The van der Waals surface area contributed by atoms with E-state index >= 15 is 0 Å². The first-order valence-corrected chi connectivity index (χ1v) is 10.2. The molecule has 0 saturated carbocycles. The molecular weight excluding hydrogens is 438 g/mol. The van der Waals surface area contributed by atoms with Crippen LogP contribution in [0, 0.1) is 0 Å². The number of nitrogens with zero attached hydrogens (tertiary/aromatic N) is 4. The van der Waals surface area contributed by atoms with Gasteiger partial charge in [0.1, 0.15) is 0 Å². The van der Waals surface area contributed by atoms with Gasteiger partial charge in [0.25, 0.3) is 5.88 Å². The molecule has 8 heteroatoms. The van der Waals surface area contributed by atoms with Gasteiger partial charge in [-0.25, -0.2) is 9.97 Å². The molecule has 1 fully saturated rings. The molecule has 0 amide bonds. The summed E-state index contributed by atoms with van der Waals surface area (Å²) >= 11 is 9.17. The topological polar surface area (TPSA) is 53.5 Å². The molecule has 1 aliphatic rings. The van der Waals surface area contributed by atoms with E-state index in [2.05, 4.69) is 59.2 Å². The van der Waals surface area contributed by atoms with Crippen LogP contribution in [-0.4, -0.2) is 53.3 Å². The molecule has 2 aromatic carbocycles. The summed E-state index contributed by atoms with van der Waals surface area (Å²) in [6.07, 6.45) is 0. The largest absolute Gasteiger partial charge is 0.478 e. The standard InChI is InChI=1S/C20H20BrN5OS/c1-27-19-18(22-16-7-2-3-8-17(16)23-19)24-20(28)26-11-9-25(10-12-26)15-6-4-5-14(21)13-15/h2-8,13H,9-12H2,1H3,(H,22,24,28). The molecule has 1 N–H and O–H groups in total. The number of nitrogens with one attached hydrogen (secondary N) is 1. The van der Waals surface area contributed by atoms with Gasteiger partial charge < -0.3 is 19.9 Å². The highest BCUT2D eigenvalue weighted by Gasteiger charge is 2.21. The monoisotopic (exact) mass is 457 g/mol. The van der Waals surface area contributed by atoms with E-state index in [9.17, 15) is 0 Å². The molecule has 6 nitrogen and oxygen atoms in total. The molecule has 2 heterocycles. The van der Waals surface area contributed by atoms with Crippen molar-refractivity contribution in [3.63, 3.8) is 0 Å². The summed E-state index contributed by atoms with van der Waals surface area (Å²) in [5, 5.41) is 3.86. The lowest BCUT2D eigenvalue weighted by Gasteiger charge is -2.37. The second-order valence-electron chi connectivity index (χ2n) is 6.45. The average molecular weight is 458 g/mol. The Labute approximate surface area is 177 Å². The lowest BCUT2D eigenvalue weighted by molar-refractivity contribution is 0.388.